The van der Waals surface area contributed by atoms with E-state index in [1.807, 2.05) is 37.2 Å². The van der Waals surface area contributed by atoms with Gasteiger partial charge in [0.1, 0.15) is 22.8 Å². The van der Waals surface area contributed by atoms with Gasteiger partial charge in [-0.15, -0.1) is 0 Å². The molecule has 0 atom stereocenters. The van der Waals surface area contributed by atoms with Crippen molar-refractivity contribution in [1.29, 1.82) is 5.26 Å². The summed E-state index contributed by atoms with van der Waals surface area (Å²) in [6, 6.07) is 11.2. The van der Waals surface area contributed by atoms with Crippen molar-refractivity contribution in [1.82, 2.24) is 0 Å². The van der Waals surface area contributed by atoms with E-state index in [0.29, 0.717) is 21.9 Å². The quantitative estimate of drug-likeness (QED) is 0.172. The van der Waals surface area contributed by atoms with Crippen LogP contribution in [0.3, 0.4) is 0 Å². The zero-order valence-corrected chi connectivity index (χ0v) is 24.8. The molecule has 0 amide bonds. The number of allylic oxidation sites excluding steroid dienone is 1. The second kappa shape index (κ2) is 9.45. The van der Waals surface area contributed by atoms with Crippen molar-refractivity contribution in [2.45, 2.75) is 51.4 Å². The highest BCUT2D eigenvalue weighted by Crippen LogP contribution is 2.52. The van der Waals surface area contributed by atoms with Crippen LogP contribution in [-0.4, -0.2) is 33.0 Å². The Labute approximate surface area is 243 Å². The van der Waals surface area contributed by atoms with Crippen LogP contribution >= 0.6 is 0 Å². The van der Waals surface area contributed by atoms with Crippen LogP contribution in [0.2, 0.25) is 0 Å². The lowest BCUT2D eigenvalue weighted by molar-refractivity contribution is 0.104. The molecule has 2 aliphatic heterocycles. The predicted octanol–water partition coefficient (Wildman–Crippen LogP) is 5.90. The molecule has 4 heterocycles. The first kappa shape index (κ1) is 27.5. The van der Waals surface area contributed by atoms with Gasteiger partial charge < -0.3 is 18.6 Å². The van der Waals surface area contributed by atoms with E-state index in [4.69, 9.17) is 8.83 Å². The summed E-state index contributed by atoms with van der Waals surface area (Å²) in [5.74, 6) is -0.712. The summed E-state index contributed by atoms with van der Waals surface area (Å²) in [5, 5.41) is 11.5. The Morgan fingerprint density at radius 2 is 1.71 bits per heavy atom. The van der Waals surface area contributed by atoms with Crippen LogP contribution < -0.4 is 21.1 Å². The topological polar surface area (TPSA) is 108 Å². The molecule has 0 N–H and O–H groups in total. The zero-order chi connectivity index (χ0) is 30.1. The highest BCUT2D eigenvalue weighted by atomic mass is 16.4. The third-order valence-electron chi connectivity index (χ3n) is 8.94. The van der Waals surface area contributed by atoms with Gasteiger partial charge >= 0.3 is 11.3 Å². The molecule has 2 aromatic carbocycles. The second-order valence-corrected chi connectivity index (χ2v) is 12.8. The van der Waals surface area contributed by atoms with E-state index in [1.165, 1.54) is 6.08 Å². The van der Waals surface area contributed by atoms with Gasteiger partial charge in [0.15, 0.2) is 5.78 Å². The van der Waals surface area contributed by atoms with Crippen molar-refractivity contribution in [3.05, 3.63) is 85.1 Å². The Bertz CT molecular complexity index is 2000. The molecule has 2 aliphatic rings. The molecule has 0 fully saturated rings. The van der Waals surface area contributed by atoms with E-state index in [9.17, 15) is 19.6 Å². The Kier molecular flexibility index (Phi) is 6.19. The van der Waals surface area contributed by atoms with Gasteiger partial charge in [-0.1, -0.05) is 27.7 Å². The number of nitrogens with zero attached hydrogens (tertiary/aromatic N) is 3. The smallest absolute Gasteiger partial charge is 0.348 e. The molecule has 42 heavy (non-hydrogen) atoms. The van der Waals surface area contributed by atoms with Crippen LogP contribution in [0.5, 0.6) is 0 Å². The number of anilines is 2. The van der Waals surface area contributed by atoms with Crippen LogP contribution in [0.4, 0.5) is 11.4 Å². The Balaban J connectivity index is 1.50. The summed E-state index contributed by atoms with van der Waals surface area (Å²) in [5.41, 5.74) is 2.64. The molecular formula is C34H33N3O5. The lowest BCUT2D eigenvalue weighted by Crippen LogP contribution is -2.44. The van der Waals surface area contributed by atoms with Gasteiger partial charge in [-0.3, -0.25) is 4.79 Å². The molecular weight excluding hydrogens is 530 g/mol. The number of nitriles is 1. The van der Waals surface area contributed by atoms with Crippen molar-refractivity contribution in [2.24, 2.45) is 0 Å². The average molecular weight is 564 g/mol. The minimum atomic E-state index is -0.866. The Morgan fingerprint density at radius 3 is 2.40 bits per heavy atom. The maximum atomic E-state index is 13.5. The molecule has 8 nitrogen and oxygen atoms in total. The molecule has 0 unspecified atom stereocenters. The van der Waals surface area contributed by atoms with Gasteiger partial charge in [-0.25, -0.2) is 9.59 Å². The summed E-state index contributed by atoms with van der Waals surface area (Å²) in [7, 11) is 3.78. The number of benzene rings is 2. The van der Waals surface area contributed by atoms with Gasteiger partial charge in [0.25, 0.3) is 0 Å². The average Bonchev–Trinajstić information content (AvgIpc) is 2.93. The van der Waals surface area contributed by atoms with Crippen LogP contribution in [0, 0.1) is 11.3 Å². The first-order chi connectivity index (χ1) is 19.8. The molecule has 8 heteroatoms. The normalized spacial score (nSPS) is 16.9. The minimum Gasteiger partial charge on any atom is -0.422 e. The molecule has 0 saturated carbocycles. The van der Waals surface area contributed by atoms with Crippen LogP contribution in [0.15, 0.2) is 54.8 Å². The molecule has 0 bridgehead atoms. The first-order valence-corrected chi connectivity index (χ1v) is 14.1. The lowest BCUT2D eigenvalue weighted by atomic mass is 9.69. The number of carbonyl (C=O) groups excluding carboxylic acids is 1. The second-order valence-electron chi connectivity index (χ2n) is 12.8. The standard InChI is InChI=1S/C34H33N3O5/c1-33(2)11-13-37-14-12-34(3,4)28-29(37)24(33)17-22-23(18-35)27(32(40)42-30(22)28)25(38)10-8-20-15-19-7-9-21(36(5)6)16-26(19)41-31(20)39/h7-10,15-17H,11-14H2,1-6H3/b10-8+. The van der Waals surface area contributed by atoms with Crippen molar-refractivity contribution >= 4 is 45.2 Å². The highest BCUT2D eigenvalue weighted by molar-refractivity contribution is 6.11. The summed E-state index contributed by atoms with van der Waals surface area (Å²) in [4.78, 5) is 43.8. The molecule has 4 aromatic rings. The van der Waals surface area contributed by atoms with Crippen molar-refractivity contribution < 1.29 is 13.6 Å². The van der Waals surface area contributed by atoms with E-state index in [2.05, 4.69) is 38.7 Å². The number of carbonyl (C=O) groups is 1. The first-order valence-electron chi connectivity index (χ1n) is 14.1. The van der Waals surface area contributed by atoms with E-state index in [1.54, 1.807) is 12.1 Å². The summed E-state index contributed by atoms with van der Waals surface area (Å²) in [6.45, 7) is 10.4. The Morgan fingerprint density at radius 1 is 1.00 bits per heavy atom. The van der Waals surface area contributed by atoms with Crippen LogP contribution in [0.25, 0.3) is 28.0 Å². The molecule has 0 spiro atoms. The number of hydrogen-bond acceptors (Lipinski definition) is 8. The third-order valence-corrected chi connectivity index (χ3v) is 8.94. The largest absolute Gasteiger partial charge is 0.422 e. The van der Waals surface area contributed by atoms with Gasteiger partial charge in [-0.05, 0) is 65.7 Å². The number of ketones is 1. The maximum absolute atomic E-state index is 13.5. The van der Waals surface area contributed by atoms with Crippen molar-refractivity contribution in [3.63, 3.8) is 0 Å². The molecule has 2 aromatic heterocycles. The van der Waals surface area contributed by atoms with E-state index < -0.39 is 17.0 Å². The highest BCUT2D eigenvalue weighted by Gasteiger charge is 2.42. The van der Waals surface area contributed by atoms with Gasteiger partial charge in [0.2, 0.25) is 0 Å². The van der Waals surface area contributed by atoms with E-state index in [-0.39, 0.29) is 27.5 Å². The lowest BCUT2D eigenvalue weighted by Gasteiger charge is -2.48. The SMILES string of the molecule is CN(C)c1ccc2cc(/C=C/C(=O)c3c(C#N)c4cc5c6c(c4oc3=O)C(C)(C)CCN6CCC5(C)C)c(=O)oc2c1. The summed E-state index contributed by atoms with van der Waals surface area (Å²) >= 11 is 0. The Hall–Kier alpha value is -4.64. The van der Waals surface area contributed by atoms with Crippen molar-refractivity contribution in [2.75, 3.05) is 37.0 Å². The van der Waals surface area contributed by atoms with Gasteiger partial charge in [0.05, 0.1) is 11.1 Å². The fourth-order valence-corrected chi connectivity index (χ4v) is 6.32. The minimum absolute atomic E-state index is 0.00833. The molecule has 6 rings (SSSR count). The molecule has 0 aliphatic carbocycles. The van der Waals surface area contributed by atoms with Gasteiger partial charge in [0, 0.05) is 61.0 Å². The fourth-order valence-electron chi connectivity index (χ4n) is 6.32. The number of hydrogen-bond donors (Lipinski definition) is 0. The third kappa shape index (κ3) is 4.23. The molecule has 214 valence electrons. The number of fused-ring (bicyclic) bond motifs is 3. The predicted molar refractivity (Wildman–Crippen MR) is 165 cm³/mol. The number of rotatable bonds is 4. The monoisotopic (exact) mass is 563 g/mol. The summed E-state index contributed by atoms with van der Waals surface area (Å²) in [6.07, 6.45) is 4.27. The fraction of sp³-hybridized carbons (Fsp3) is 0.353. The van der Waals surface area contributed by atoms with Crippen LogP contribution in [0.1, 0.15) is 73.1 Å². The van der Waals surface area contributed by atoms with Crippen LogP contribution in [-0.2, 0) is 10.8 Å². The van der Waals surface area contributed by atoms with E-state index in [0.717, 1.165) is 54.5 Å². The van der Waals surface area contributed by atoms with Crippen molar-refractivity contribution in [3.8, 4) is 6.07 Å². The molecule has 0 radical (unpaired) electrons. The van der Waals surface area contributed by atoms with E-state index >= 15 is 0 Å². The maximum Gasteiger partial charge on any atom is 0.348 e. The van der Waals surface area contributed by atoms with Gasteiger partial charge in [-0.2, -0.15) is 5.26 Å². The summed E-state index contributed by atoms with van der Waals surface area (Å²) < 4.78 is 11.4. The molecule has 0 saturated heterocycles. The zero-order valence-electron chi connectivity index (χ0n) is 24.8.